The summed E-state index contributed by atoms with van der Waals surface area (Å²) < 4.78 is 17.5. The van der Waals surface area contributed by atoms with Gasteiger partial charge in [-0.15, -0.1) is 0 Å². The minimum Gasteiger partial charge on any atom is -0.497 e. The van der Waals surface area contributed by atoms with Gasteiger partial charge in [0, 0.05) is 53.6 Å². The predicted molar refractivity (Wildman–Crippen MR) is 203 cm³/mol. The Hall–Kier alpha value is -2.85. The Morgan fingerprint density at radius 3 is 2.43 bits per heavy atom. The van der Waals surface area contributed by atoms with Crippen molar-refractivity contribution in [3.8, 4) is 5.75 Å². The Balaban J connectivity index is 1.10. The van der Waals surface area contributed by atoms with Gasteiger partial charge >= 0.3 is 0 Å². The Morgan fingerprint density at radius 1 is 0.962 bits per heavy atom. The van der Waals surface area contributed by atoms with Crippen LogP contribution in [0.1, 0.15) is 87.6 Å². The number of methoxy groups -OCH3 is 1. The molecule has 1 aliphatic heterocycles. The lowest BCUT2D eigenvalue weighted by atomic mass is 9.32. The van der Waals surface area contributed by atoms with Gasteiger partial charge in [0.05, 0.1) is 44.2 Å². The van der Waals surface area contributed by atoms with Crippen molar-refractivity contribution in [2.45, 2.75) is 102 Å². The van der Waals surface area contributed by atoms with E-state index in [0.29, 0.717) is 50.4 Å². The van der Waals surface area contributed by atoms with Gasteiger partial charge in [-0.3, -0.25) is 9.69 Å². The second kappa shape index (κ2) is 14.0. The first-order valence-corrected chi connectivity index (χ1v) is 20.1. The van der Waals surface area contributed by atoms with E-state index >= 15 is 0 Å². The second-order valence-corrected chi connectivity index (χ2v) is 17.9. The SMILES string of the molecule is COc1ccc(C(=O)C2=CC34C=CC25C(CCC2(C)C5CCC2(O)CN(CC(O)COCc2ccccc2)CC2CCCO2)C3(C)CCC(O)C4)cc1. The zero-order valence-corrected chi connectivity index (χ0v) is 31.8. The van der Waals surface area contributed by atoms with Crippen molar-refractivity contribution in [2.24, 2.45) is 33.5 Å². The number of ether oxygens (including phenoxy) is 3. The molecule has 286 valence electrons. The number of carbonyl (C=O) groups is 1. The van der Waals surface area contributed by atoms with Crippen LogP contribution in [-0.4, -0.2) is 89.9 Å². The molecule has 53 heavy (non-hydrogen) atoms. The van der Waals surface area contributed by atoms with Gasteiger partial charge in [0.15, 0.2) is 5.78 Å². The normalized spacial score (nSPS) is 39.0. The number of aliphatic hydroxyl groups excluding tert-OH is 2. The van der Waals surface area contributed by atoms with Crippen LogP contribution < -0.4 is 4.74 Å². The van der Waals surface area contributed by atoms with Crippen LogP contribution in [0.25, 0.3) is 0 Å². The van der Waals surface area contributed by atoms with Crippen LogP contribution in [-0.2, 0) is 16.1 Å². The van der Waals surface area contributed by atoms with Crippen LogP contribution in [0.15, 0.2) is 78.4 Å². The molecule has 10 unspecified atom stereocenters. The third-order valence-electron chi connectivity index (χ3n) is 15.2. The average Bonchev–Trinajstić information content (AvgIpc) is 3.76. The van der Waals surface area contributed by atoms with Gasteiger partial charge in [0.2, 0.25) is 0 Å². The number of fused-ring (bicyclic) bond motifs is 1. The summed E-state index contributed by atoms with van der Waals surface area (Å²) in [4.78, 5) is 17.1. The van der Waals surface area contributed by atoms with Gasteiger partial charge in [-0.1, -0.05) is 62.4 Å². The maximum absolute atomic E-state index is 14.9. The molecule has 3 saturated carbocycles. The quantitative estimate of drug-likeness (QED) is 0.158. The topological polar surface area (TPSA) is 109 Å². The van der Waals surface area contributed by atoms with Crippen LogP contribution in [0, 0.1) is 33.5 Å². The van der Waals surface area contributed by atoms with Crippen LogP contribution >= 0.6 is 0 Å². The highest BCUT2D eigenvalue weighted by atomic mass is 16.5. The predicted octanol–water partition coefficient (Wildman–Crippen LogP) is 6.53. The van der Waals surface area contributed by atoms with Crippen molar-refractivity contribution in [3.05, 3.63) is 89.5 Å². The number of hydrogen-bond acceptors (Lipinski definition) is 8. The van der Waals surface area contributed by atoms with Crippen molar-refractivity contribution in [1.29, 1.82) is 0 Å². The summed E-state index contributed by atoms with van der Waals surface area (Å²) in [7, 11) is 1.63. The van der Waals surface area contributed by atoms with Crippen molar-refractivity contribution in [1.82, 2.24) is 4.90 Å². The summed E-state index contributed by atoms with van der Waals surface area (Å²) in [6.07, 6.45) is 13.5. The molecule has 0 radical (unpaired) electrons. The zero-order chi connectivity index (χ0) is 37.1. The molecule has 0 aromatic heterocycles. The molecule has 8 nitrogen and oxygen atoms in total. The van der Waals surface area contributed by atoms with Gasteiger partial charge < -0.3 is 29.5 Å². The van der Waals surface area contributed by atoms with Gasteiger partial charge in [-0.05, 0) is 105 Å². The molecular weight excluding hydrogens is 666 g/mol. The molecule has 7 aliphatic rings. The lowest BCUT2D eigenvalue weighted by Gasteiger charge is -2.71. The minimum atomic E-state index is -1.03. The van der Waals surface area contributed by atoms with E-state index in [1.165, 1.54) is 0 Å². The summed E-state index contributed by atoms with van der Waals surface area (Å²) in [5.74, 6) is 1.03. The fraction of sp³-hybridized carbons (Fsp3) is 0.622. The van der Waals surface area contributed by atoms with E-state index in [4.69, 9.17) is 14.2 Å². The Morgan fingerprint density at radius 2 is 1.70 bits per heavy atom. The van der Waals surface area contributed by atoms with E-state index in [-0.39, 0.29) is 41.2 Å². The van der Waals surface area contributed by atoms with E-state index in [0.717, 1.165) is 62.7 Å². The third-order valence-corrected chi connectivity index (χ3v) is 15.2. The number of rotatable bonds is 13. The van der Waals surface area contributed by atoms with Gasteiger partial charge in [-0.25, -0.2) is 0 Å². The number of nitrogens with zero attached hydrogens (tertiary/aromatic N) is 1. The van der Waals surface area contributed by atoms with Gasteiger partial charge in [-0.2, -0.15) is 0 Å². The van der Waals surface area contributed by atoms with Crippen molar-refractivity contribution >= 4 is 5.78 Å². The Bertz CT molecular complexity index is 1700. The molecule has 0 amide bonds. The Kier molecular flexibility index (Phi) is 9.81. The molecule has 10 atom stereocenters. The van der Waals surface area contributed by atoms with Gasteiger partial charge in [0.25, 0.3) is 0 Å². The van der Waals surface area contributed by atoms with Crippen LogP contribution in [0.3, 0.4) is 0 Å². The van der Waals surface area contributed by atoms with Gasteiger partial charge in [0.1, 0.15) is 5.75 Å². The highest BCUT2D eigenvalue weighted by Crippen LogP contribution is 2.78. The largest absolute Gasteiger partial charge is 0.497 e. The monoisotopic (exact) mass is 725 g/mol. The molecule has 8 heteroatoms. The molecule has 1 heterocycles. The summed E-state index contributed by atoms with van der Waals surface area (Å²) in [6.45, 7) is 7.56. The number of allylic oxidation sites excluding steroid dienone is 4. The number of aliphatic hydroxyl groups is 3. The lowest BCUT2D eigenvalue weighted by Crippen LogP contribution is -2.67. The molecule has 4 fully saturated rings. The fourth-order valence-electron chi connectivity index (χ4n) is 12.4. The van der Waals surface area contributed by atoms with E-state index < -0.39 is 28.6 Å². The second-order valence-electron chi connectivity index (χ2n) is 17.9. The number of hydrogen-bond donors (Lipinski definition) is 3. The van der Waals surface area contributed by atoms with Crippen molar-refractivity contribution in [3.63, 3.8) is 0 Å². The molecule has 2 aromatic carbocycles. The van der Waals surface area contributed by atoms with E-state index in [1.54, 1.807) is 7.11 Å². The van der Waals surface area contributed by atoms with E-state index in [2.05, 4.69) is 37.0 Å². The minimum absolute atomic E-state index is 0.0433. The first-order chi connectivity index (χ1) is 25.5. The van der Waals surface area contributed by atoms with Crippen molar-refractivity contribution < 1.29 is 34.3 Å². The summed E-state index contributed by atoms with van der Waals surface area (Å²) >= 11 is 0. The maximum Gasteiger partial charge on any atom is 0.189 e. The number of carbonyl (C=O) groups excluding carboxylic acids is 1. The molecule has 2 bridgehead atoms. The van der Waals surface area contributed by atoms with Crippen molar-refractivity contribution in [2.75, 3.05) is 40.0 Å². The highest BCUT2D eigenvalue weighted by molar-refractivity contribution is 6.10. The molecule has 9 rings (SSSR count). The molecule has 3 N–H and O–H groups in total. The third kappa shape index (κ3) is 6.07. The lowest BCUT2D eigenvalue weighted by molar-refractivity contribution is -0.177. The number of ketones is 1. The van der Waals surface area contributed by atoms with Crippen LogP contribution in [0.5, 0.6) is 5.75 Å². The number of Topliss-reactive ketones (excluding diaryl/α,β-unsaturated/α-hetero) is 1. The molecular formula is C45H59NO7. The number of benzene rings is 2. The maximum atomic E-state index is 14.9. The summed E-state index contributed by atoms with van der Waals surface area (Å²) in [5.41, 5.74) is 0.0561. The molecule has 2 spiro atoms. The summed E-state index contributed by atoms with van der Waals surface area (Å²) in [6, 6.07) is 17.5. The van der Waals surface area contributed by atoms with Crippen LogP contribution in [0.2, 0.25) is 0 Å². The van der Waals surface area contributed by atoms with Crippen LogP contribution in [0.4, 0.5) is 0 Å². The molecule has 2 aromatic rings. The molecule has 1 saturated heterocycles. The molecule has 6 aliphatic carbocycles. The average molecular weight is 726 g/mol. The van der Waals surface area contributed by atoms with E-state index in [1.807, 2.05) is 54.6 Å². The summed E-state index contributed by atoms with van der Waals surface area (Å²) in [5, 5.41) is 35.4. The first kappa shape index (κ1) is 37.1. The Labute approximate surface area is 315 Å². The fourth-order valence-corrected chi connectivity index (χ4v) is 12.4. The zero-order valence-electron chi connectivity index (χ0n) is 31.8. The van der Waals surface area contributed by atoms with E-state index in [9.17, 15) is 20.1 Å². The smallest absolute Gasteiger partial charge is 0.189 e. The standard InChI is InChI=1S/C45H59NO7/c1-41-18-15-33(47)24-43(41)21-22-45(37(25-43)40(49)32-11-13-35(51-3)14-12-32)38(41)16-19-42(2)39(45)17-20-44(42,50)30-46(27-36-10-7-23-53-36)26-34(48)29-52-28-31-8-5-4-6-9-31/h4-6,8-9,11-14,21-22,25,33-34,36,38-39,47-48,50H,7,10,15-20,23-24,26-30H2,1-3H3. The first-order valence-electron chi connectivity index (χ1n) is 20.1. The highest BCUT2D eigenvalue weighted by Gasteiger charge is 2.74.